The van der Waals surface area contributed by atoms with Crippen molar-refractivity contribution >= 4 is 23.2 Å². The highest BCUT2D eigenvalue weighted by Crippen LogP contribution is 2.23. The number of phenols is 1. The second-order valence-corrected chi connectivity index (χ2v) is 4.24. The van der Waals surface area contributed by atoms with Crippen molar-refractivity contribution < 1.29 is 9.90 Å². The van der Waals surface area contributed by atoms with Gasteiger partial charge in [-0.1, -0.05) is 11.6 Å². The van der Waals surface area contributed by atoms with E-state index in [2.05, 4.69) is 5.32 Å². The van der Waals surface area contributed by atoms with Crippen LogP contribution in [-0.2, 0) is 0 Å². The van der Waals surface area contributed by atoms with Gasteiger partial charge in [0.05, 0.1) is 17.2 Å². The SMILES string of the molecule is N#Cc1ccc(NC(=O)c2ccc(Cl)cc2O)cc1. The number of nitrogens with one attached hydrogen (secondary N) is 1. The summed E-state index contributed by atoms with van der Waals surface area (Å²) in [5.41, 5.74) is 1.18. The molecule has 2 aromatic carbocycles. The molecule has 2 N–H and O–H groups in total. The summed E-state index contributed by atoms with van der Waals surface area (Å²) in [5, 5.41) is 21.3. The molecular weight excluding hydrogens is 264 g/mol. The van der Waals surface area contributed by atoms with E-state index in [1.165, 1.54) is 18.2 Å². The maximum atomic E-state index is 11.9. The maximum Gasteiger partial charge on any atom is 0.259 e. The summed E-state index contributed by atoms with van der Waals surface area (Å²) in [4.78, 5) is 11.9. The molecule has 0 aliphatic heterocycles. The summed E-state index contributed by atoms with van der Waals surface area (Å²) >= 11 is 5.69. The lowest BCUT2D eigenvalue weighted by Crippen LogP contribution is -2.11. The molecule has 0 aliphatic carbocycles. The Morgan fingerprint density at radius 1 is 1.21 bits per heavy atom. The zero-order valence-electron chi connectivity index (χ0n) is 9.72. The predicted octanol–water partition coefficient (Wildman–Crippen LogP) is 3.17. The number of benzene rings is 2. The van der Waals surface area contributed by atoms with E-state index in [-0.39, 0.29) is 11.3 Å². The predicted molar refractivity (Wildman–Crippen MR) is 72.2 cm³/mol. The summed E-state index contributed by atoms with van der Waals surface area (Å²) in [5.74, 6) is -0.627. The van der Waals surface area contributed by atoms with Gasteiger partial charge >= 0.3 is 0 Å². The summed E-state index contributed by atoms with van der Waals surface area (Å²) in [6.07, 6.45) is 0. The van der Waals surface area contributed by atoms with Crippen molar-refractivity contribution in [3.63, 3.8) is 0 Å². The minimum atomic E-state index is -0.445. The topological polar surface area (TPSA) is 73.1 Å². The van der Waals surface area contributed by atoms with Crippen molar-refractivity contribution in [2.75, 3.05) is 5.32 Å². The lowest BCUT2D eigenvalue weighted by atomic mass is 10.1. The number of nitrogens with zero attached hydrogens (tertiary/aromatic N) is 1. The molecule has 2 rings (SSSR count). The molecule has 0 bridgehead atoms. The first-order chi connectivity index (χ1) is 9.10. The largest absolute Gasteiger partial charge is 0.507 e. The van der Waals surface area contributed by atoms with Gasteiger partial charge in [-0.15, -0.1) is 0 Å². The Hall–Kier alpha value is -2.51. The summed E-state index contributed by atoms with van der Waals surface area (Å²) in [6.45, 7) is 0. The molecule has 94 valence electrons. The molecule has 0 radical (unpaired) electrons. The molecule has 5 heteroatoms. The zero-order valence-corrected chi connectivity index (χ0v) is 10.5. The Morgan fingerprint density at radius 2 is 1.89 bits per heavy atom. The minimum Gasteiger partial charge on any atom is -0.507 e. The molecule has 2 aromatic rings. The van der Waals surface area contributed by atoms with Crippen LogP contribution in [-0.4, -0.2) is 11.0 Å². The van der Waals surface area contributed by atoms with E-state index in [0.29, 0.717) is 16.3 Å². The highest BCUT2D eigenvalue weighted by Gasteiger charge is 2.11. The molecule has 0 saturated heterocycles. The van der Waals surface area contributed by atoms with Crippen LogP contribution in [0.2, 0.25) is 5.02 Å². The molecule has 0 saturated carbocycles. The zero-order chi connectivity index (χ0) is 13.8. The number of nitriles is 1. The molecule has 0 atom stereocenters. The number of hydrogen-bond acceptors (Lipinski definition) is 3. The number of aromatic hydroxyl groups is 1. The van der Waals surface area contributed by atoms with Crippen molar-refractivity contribution in [1.29, 1.82) is 5.26 Å². The van der Waals surface area contributed by atoms with Crippen LogP contribution in [0.3, 0.4) is 0 Å². The number of hydrogen-bond donors (Lipinski definition) is 2. The van der Waals surface area contributed by atoms with Crippen LogP contribution in [0.1, 0.15) is 15.9 Å². The van der Waals surface area contributed by atoms with Crippen LogP contribution in [0.25, 0.3) is 0 Å². The summed E-state index contributed by atoms with van der Waals surface area (Å²) in [7, 11) is 0. The quantitative estimate of drug-likeness (QED) is 0.882. The first-order valence-electron chi connectivity index (χ1n) is 5.40. The van der Waals surface area contributed by atoms with Gasteiger partial charge in [0.1, 0.15) is 5.75 Å². The van der Waals surface area contributed by atoms with Crippen molar-refractivity contribution in [1.82, 2.24) is 0 Å². The van der Waals surface area contributed by atoms with Gasteiger partial charge in [-0.3, -0.25) is 4.79 Å². The first-order valence-corrected chi connectivity index (χ1v) is 5.78. The third kappa shape index (κ3) is 3.03. The molecule has 0 spiro atoms. The van der Waals surface area contributed by atoms with Gasteiger partial charge in [-0.05, 0) is 42.5 Å². The third-order valence-electron chi connectivity index (χ3n) is 2.48. The van der Waals surface area contributed by atoms with E-state index in [4.69, 9.17) is 16.9 Å². The van der Waals surface area contributed by atoms with Gasteiger partial charge in [0.25, 0.3) is 5.91 Å². The Labute approximate surface area is 114 Å². The van der Waals surface area contributed by atoms with Gasteiger partial charge in [0.15, 0.2) is 0 Å². The van der Waals surface area contributed by atoms with Crippen LogP contribution in [0.5, 0.6) is 5.75 Å². The molecule has 19 heavy (non-hydrogen) atoms. The molecule has 0 aromatic heterocycles. The van der Waals surface area contributed by atoms with Gasteiger partial charge in [0.2, 0.25) is 0 Å². The van der Waals surface area contributed by atoms with Gasteiger partial charge in [-0.2, -0.15) is 5.26 Å². The van der Waals surface area contributed by atoms with Crippen LogP contribution < -0.4 is 5.32 Å². The van der Waals surface area contributed by atoms with Gasteiger partial charge < -0.3 is 10.4 Å². The lowest BCUT2D eigenvalue weighted by molar-refractivity contribution is 0.102. The van der Waals surface area contributed by atoms with Crippen LogP contribution in [0.15, 0.2) is 42.5 Å². The van der Waals surface area contributed by atoms with E-state index in [0.717, 1.165) is 0 Å². The van der Waals surface area contributed by atoms with E-state index in [1.807, 2.05) is 6.07 Å². The molecular formula is C14H9ClN2O2. The van der Waals surface area contributed by atoms with Gasteiger partial charge in [-0.25, -0.2) is 0 Å². The number of halogens is 1. The summed E-state index contributed by atoms with van der Waals surface area (Å²) in [6, 6.07) is 12.7. The average molecular weight is 273 g/mol. The van der Waals surface area contributed by atoms with Crippen molar-refractivity contribution in [2.24, 2.45) is 0 Å². The normalized spacial score (nSPS) is 9.68. The molecule has 4 nitrogen and oxygen atoms in total. The van der Waals surface area contributed by atoms with Crippen LogP contribution in [0, 0.1) is 11.3 Å². The summed E-state index contributed by atoms with van der Waals surface area (Å²) < 4.78 is 0. The van der Waals surface area contributed by atoms with E-state index in [9.17, 15) is 9.90 Å². The maximum absolute atomic E-state index is 11.9. The van der Waals surface area contributed by atoms with E-state index < -0.39 is 5.91 Å². The highest BCUT2D eigenvalue weighted by molar-refractivity contribution is 6.30. The highest BCUT2D eigenvalue weighted by atomic mass is 35.5. The van der Waals surface area contributed by atoms with Crippen molar-refractivity contribution in [3.05, 3.63) is 58.6 Å². The molecule has 0 heterocycles. The fraction of sp³-hybridized carbons (Fsp3) is 0. The average Bonchev–Trinajstić information content (AvgIpc) is 2.39. The molecule has 0 unspecified atom stereocenters. The smallest absolute Gasteiger partial charge is 0.259 e. The molecule has 0 aliphatic rings. The third-order valence-corrected chi connectivity index (χ3v) is 2.71. The van der Waals surface area contributed by atoms with Crippen molar-refractivity contribution in [2.45, 2.75) is 0 Å². The Morgan fingerprint density at radius 3 is 2.47 bits per heavy atom. The monoisotopic (exact) mass is 272 g/mol. The minimum absolute atomic E-state index is 0.133. The second-order valence-electron chi connectivity index (χ2n) is 3.80. The Balaban J connectivity index is 2.18. The van der Waals surface area contributed by atoms with Gasteiger partial charge in [0, 0.05) is 10.7 Å². The Kier molecular flexibility index (Phi) is 3.69. The molecule has 1 amide bonds. The van der Waals surface area contributed by atoms with Crippen LogP contribution >= 0.6 is 11.6 Å². The van der Waals surface area contributed by atoms with Crippen molar-refractivity contribution in [3.8, 4) is 11.8 Å². The number of carbonyl (C=O) groups excluding carboxylic acids is 1. The second kappa shape index (κ2) is 5.42. The number of phenolic OH excluding ortho intramolecular Hbond substituents is 1. The lowest BCUT2D eigenvalue weighted by Gasteiger charge is -2.07. The fourth-order valence-electron chi connectivity index (χ4n) is 1.52. The Bertz CT molecular complexity index is 660. The number of anilines is 1. The van der Waals surface area contributed by atoms with E-state index in [1.54, 1.807) is 24.3 Å². The fourth-order valence-corrected chi connectivity index (χ4v) is 1.69. The van der Waals surface area contributed by atoms with Crippen LogP contribution in [0.4, 0.5) is 5.69 Å². The number of rotatable bonds is 2. The standard InChI is InChI=1S/C14H9ClN2O2/c15-10-3-6-12(13(18)7-10)14(19)17-11-4-1-9(8-16)2-5-11/h1-7,18H,(H,17,19). The number of amides is 1. The molecule has 0 fully saturated rings. The number of carbonyl (C=O) groups is 1. The first kappa shape index (κ1) is 12.9. The van der Waals surface area contributed by atoms with E-state index >= 15 is 0 Å².